The molecule has 1 unspecified atom stereocenters. The van der Waals surface area contributed by atoms with Gasteiger partial charge in [-0.2, -0.15) is 0 Å². The van der Waals surface area contributed by atoms with E-state index in [1.54, 1.807) is 17.4 Å². The molecule has 4 rings (SSSR count). The first-order chi connectivity index (χ1) is 13.1. The van der Waals surface area contributed by atoms with E-state index in [-0.39, 0.29) is 17.7 Å². The van der Waals surface area contributed by atoms with Crippen LogP contribution in [0.4, 0.5) is 0 Å². The van der Waals surface area contributed by atoms with E-state index in [2.05, 4.69) is 25.1 Å². The highest BCUT2D eigenvalue weighted by atomic mass is 32.1. The number of carbonyl (C=O) groups excluding carboxylic acids is 1. The standard InChI is InChI=1S/C19H23N5O2S/c1-13(2)17-8-16(22-26-17)19(25)24-6-3-4-14(9-24)18-20-5-7-23(18)10-15-11-27-12-21-15/h5,7-8,11-14H,3-4,6,9-10H2,1-2H3. The van der Waals surface area contributed by atoms with Gasteiger partial charge in [0.2, 0.25) is 0 Å². The van der Waals surface area contributed by atoms with E-state index in [0.717, 1.165) is 36.7 Å². The molecule has 0 bridgehead atoms. The second-order valence-electron chi connectivity index (χ2n) is 7.25. The summed E-state index contributed by atoms with van der Waals surface area (Å²) in [6.45, 7) is 6.15. The van der Waals surface area contributed by atoms with Crippen LogP contribution < -0.4 is 0 Å². The number of likely N-dealkylation sites (tertiary alicyclic amines) is 1. The molecular weight excluding hydrogens is 362 g/mol. The van der Waals surface area contributed by atoms with Gasteiger partial charge in [-0.15, -0.1) is 11.3 Å². The number of nitrogens with zero attached hydrogens (tertiary/aromatic N) is 5. The second kappa shape index (κ2) is 7.64. The van der Waals surface area contributed by atoms with Gasteiger partial charge in [-0.05, 0) is 12.8 Å². The fourth-order valence-electron chi connectivity index (χ4n) is 3.50. The number of carbonyl (C=O) groups is 1. The van der Waals surface area contributed by atoms with Crippen LogP contribution in [0.3, 0.4) is 0 Å². The minimum Gasteiger partial charge on any atom is -0.360 e. The third-order valence-electron chi connectivity index (χ3n) is 4.95. The summed E-state index contributed by atoms with van der Waals surface area (Å²) < 4.78 is 7.43. The van der Waals surface area contributed by atoms with E-state index < -0.39 is 0 Å². The fourth-order valence-corrected chi connectivity index (χ4v) is 4.05. The number of hydrogen-bond donors (Lipinski definition) is 0. The minimum absolute atomic E-state index is 0.0621. The zero-order chi connectivity index (χ0) is 18.8. The van der Waals surface area contributed by atoms with Gasteiger partial charge in [0.1, 0.15) is 11.6 Å². The van der Waals surface area contributed by atoms with Crippen LogP contribution in [-0.4, -0.2) is 43.6 Å². The molecule has 0 aliphatic carbocycles. The van der Waals surface area contributed by atoms with E-state index in [4.69, 9.17) is 4.52 Å². The van der Waals surface area contributed by atoms with Crippen molar-refractivity contribution in [2.75, 3.05) is 13.1 Å². The van der Waals surface area contributed by atoms with Gasteiger partial charge in [0.15, 0.2) is 5.69 Å². The van der Waals surface area contributed by atoms with E-state index in [1.807, 2.05) is 36.7 Å². The molecule has 142 valence electrons. The first-order valence-corrected chi connectivity index (χ1v) is 10.2. The Morgan fingerprint density at radius 1 is 1.41 bits per heavy atom. The maximum atomic E-state index is 12.9. The molecule has 1 aliphatic heterocycles. The Kier molecular flexibility index (Phi) is 5.07. The lowest BCUT2D eigenvalue weighted by atomic mass is 9.96. The van der Waals surface area contributed by atoms with Gasteiger partial charge in [-0.25, -0.2) is 9.97 Å². The molecule has 1 amide bonds. The molecule has 1 fully saturated rings. The lowest BCUT2D eigenvalue weighted by molar-refractivity contribution is 0.0692. The first kappa shape index (κ1) is 17.9. The highest BCUT2D eigenvalue weighted by Crippen LogP contribution is 2.27. The number of rotatable bonds is 5. The van der Waals surface area contributed by atoms with E-state index in [0.29, 0.717) is 18.8 Å². The quantitative estimate of drug-likeness (QED) is 0.672. The maximum Gasteiger partial charge on any atom is 0.276 e. The molecule has 4 heterocycles. The van der Waals surface area contributed by atoms with Crippen molar-refractivity contribution in [2.45, 2.75) is 45.1 Å². The molecule has 3 aromatic rings. The molecule has 27 heavy (non-hydrogen) atoms. The van der Waals surface area contributed by atoms with Crippen LogP contribution in [0, 0.1) is 0 Å². The Balaban J connectivity index is 1.48. The molecule has 1 atom stereocenters. The first-order valence-electron chi connectivity index (χ1n) is 9.26. The molecule has 1 saturated heterocycles. The topological polar surface area (TPSA) is 77.1 Å². The normalized spacial score (nSPS) is 17.6. The molecule has 0 spiro atoms. The van der Waals surface area contributed by atoms with Crippen molar-refractivity contribution >= 4 is 17.2 Å². The van der Waals surface area contributed by atoms with Crippen molar-refractivity contribution in [1.29, 1.82) is 0 Å². The highest BCUT2D eigenvalue weighted by Gasteiger charge is 2.29. The lowest BCUT2D eigenvalue weighted by Crippen LogP contribution is -2.40. The van der Waals surface area contributed by atoms with Gasteiger partial charge >= 0.3 is 0 Å². The average Bonchev–Trinajstić information content (AvgIpc) is 3.43. The summed E-state index contributed by atoms with van der Waals surface area (Å²) in [5, 5.41) is 6.03. The molecule has 7 nitrogen and oxygen atoms in total. The van der Waals surface area contributed by atoms with Crippen molar-refractivity contribution in [2.24, 2.45) is 0 Å². The van der Waals surface area contributed by atoms with Crippen LogP contribution in [0.1, 0.15) is 66.3 Å². The molecule has 0 N–H and O–H groups in total. The molecule has 0 aromatic carbocycles. The molecule has 0 radical (unpaired) electrons. The van der Waals surface area contributed by atoms with Crippen LogP contribution in [0.5, 0.6) is 0 Å². The second-order valence-corrected chi connectivity index (χ2v) is 7.97. The van der Waals surface area contributed by atoms with Crippen LogP contribution in [-0.2, 0) is 6.54 Å². The van der Waals surface area contributed by atoms with Crippen molar-refractivity contribution in [3.8, 4) is 0 Å². The van der Waals surface area contributed by atoms with Crippen molar-refractivity contribution in [3.63, 3.8) is 0 Å². The zero-order valence-electron chi connectivity index (χ0n) is 15.5. The van der Waals surface area contributed by atoms with Crippen LogP contribution >= 0.6 is 11.3 Å². The van der Waals surface area contributed by atoms with Gasteiger partial charge in [0.05, 0.1) is 17.7 Å². The summed E-state index contributed by atoms with van der Waals surface area (Å²) >= 11 is 1.60. The van der Waals surface area contributed by atoms with Crippen LogP contribution in [0.15, 0.2) is 33.9 Å². The number of imidazole rings is 1. The predicted octanol–water partition coefficient (Wildman–Crippen LogP) is 3.52. The van der Waals surface area contributed by atoms with E-state index in [1.165, 1.54) is 0 Å². The zero-order valence-corrected chi connectivity index (χ0v) is 16.4. The van der Waals surface area contributed by atoms with Gasteiger partial charge in [-0.3, -0.25) is 4.79 Å². The average molecular weight is 385 g/mol. The maximum absolute atomic E-state index is 12.9. The summed E-state index contributed by atoms with van der Waals surface area (Å²) in [5.74, 6) is 2.13. The van der Waals surface area contributed by atoms with Gasteiger partial charge < -0.3 is 14.0 Å². The van der Waals surface area contributed by atoms with Crippen molar-refractivity contribution in [3.05, 3.63) is 52.3 Å². The Hall–Kier alpha value is -2.48. The molecule has 0 saturated carbocycles. The van der Waals surface area contributed by atoms with Crippen LogP contribution in [0.2, 0.25) is 0 Å². The van der Waals surface area contributed by atoms with Gasteiger partial charge in [-0.1, -0.05) is 19.0 Å². The number of piperidine rings is 1. The number of amides is 1. The molecular formula is C19H23N5O2S. The summed E-state index contributed by atoms with van der Waals surface area (Å²) in [6, 6.07) is 1.76. The third kappa shape index (κ3) is 3.80. The SMILES string of the molecule is CC(C)c1cc(C(=O)N2CCCC(c3nccn3Cc3cscn3)C2)no1. The monoisotopic (exact) mass is 385 g/mol. The highest BCUT2D eigenvalue weighted by molar-refractivity contribution is 7.07. The van der Waals surface area contributed by atoms with Crippen molar-refractivity contribution < 1.29 is 9.32 Å². The van der Waals surface area contributed by atoms with E-state index >= 15 is 0 Å². The largest absolute Gasteiger partial charge is 0.360 e. The third-order valence-corrected chi connectivity index (χ3v) is 5.59. The summed E-state index contributed by atoms with van der Waals surface area (Å²) in [5.41, 5.74) is 3.27. The van der Waals surface area contributed by atoms with Gasteiger partial charge in [0.25, 0.3) is 5.91 Å². The van der Waals surface area contributed by atoms with Crippen LogP contribution in [0.25, 0.3) is 0 Å². The summed E-state index contributed by atoms with van der Waals surface area (Å²) in [7, 11) is 0. The Bertz CT molecular complexity index is 899. The summed E-state index contributed by atoms with van der Waals surface area (Å²) in [6.07, 6.45) is 5.79. The number of hydrogen-bond acceptors (Lipinski definition) is 6. The fraction of sp³-hybridized carbons (Fsp3) is 0.474. The molecule has 8 heteroatoms. The Morgan fingerprint density at radius 2 is 2.30 bits per heavy atom. The number of aromatic nitrogens is 4. The predicted molar refractivity (Wildman–Crippen MR) is 102 cm³/mol. The summed E-state index contributed by atoms with van der Waals surface area (Å²) in [4.78, 5) is 23.7. The van der Waals surface area contributed by atoms with Crippen molar-refractivity contribution in [1.82, 2.24) is 24.6 Å². The minimum atomic E-state index is -0.0621. The number of thiazole rings is 1. The molecule has 1 aliphatic rings. The van der Waals surface area contributed by atoms with Gasteiger partial charge in [0, 0.05) is 48.8 Å². The Labute approximate surface area is 162 Å². The van der Waals surface area contributed by atoms with E-state index in [9.17, 15) is 4.79 Å². The lowest BCUT2D eigenvalue weighted by Gasteiger charge is -2.32. The Morgan fingerprint density at radius 3 is 3.04 bits per heavy atom. The molecule has 3 aromatic heterocycles. The smallest absolute Gasteiger partial charge is 0.276 e.